The smallest absolute Gasteiger partial charge is 0.234 e. The molecule has 3 N–H and O–H groups in total. The van der Waals surface area contributed by atoms with E-state index in [2.05, 4.69) is 33.1 Å². The predicted octanol–water partition coefficient (Wildman–Crippen LogP) is 1.05. The highest BCUT2D eigenvalue weighted by Gasteiger charge is 2.21. The van der Waals surface area contributed by atoms with Crippen LogP contribution in [0.1, 0.15) is 34.1 Å². The number of nitrogens with one attached hydrogen (secondary N) is 1. The quantitative estimate of drug-likeness (QED) is 0.358. The van der Waals surface area contributed by atoms with Gasteiger partial charge in [-0.25, -0.2) is 5.84 Å². The SMILES string of the molecule is CC(CC(=O)NN)C(C)(C)C. The molecule has 3 nitrogen and oxygen atoms in total. The highest BCUT2D eigenvalue weighted by Crippen LogP contribution is 2.27. The Bertz CT molecular complexity index is 138. The molecule has 1 atom stereocenters. The summed E-state index contributed by atoms with van der Waals surface area (Å²) in [5.74, 6) is 5.23. The number of carbonyl (C=O) groups is 1. The zero-order chi connectivity index (χ0) is 9.07. The maximum absolute atomic E-state index is 10.8. The van der Waals surface area contributed by atoms with Crippen LogP contribution in [0.5, 0.6) is 0 Å². The lowest BCUT2D eigenvalue weighted by molar-refractivity contribution is -0.122. The Kier molecular flexibility index (Phi) is 3.52. The Balaban J connectivity index is 3.87. The van der Waals surface area contributed by atoms with Crippen LogP contribution in [0.3, 0.4) is 0 Å². The molecule has 0 aliphatic rings. The van der Waals surface area contributed by atoms with Crippen LogP contribution in [0.4, 0.5) is 0 Å². The van der Waals surface area contributed by atoms with E-state index < -0.39 is 0 Å². The van der Waals surface area contributed by atoms with E-state index in [9.17, 15) is 4.79 Å². The van der Waals surface area contributed by atoms with Gasteiger partial charge in [-0.2, -0.15) is 0 Å². The number of amides is 1. The van der Waals surface area contributed by atoms with E-state index in [1.54, 1.807) is 0 Å². The van der Waals surface area contributed by atoms with E-state index in [4.69, 9.17) is 5.84 Å². The number of hydrogen-bond donors (Lipinski definition) is 2. The monoisotopic (exact) mass is 158 g/mol. The Labute approximate surface area is 68.3 Å². The van der Waals surface area contributed by atoms with Crippen molar-refractivity contribution in [1.82, 2.24) is 5.43 Å². The summed E-state index contributed by atoms with van der Waals surface area (Å²) in [6, 6.07) is 0. The van der Waals surface area contributed by atoms with Crippen molar-refractivity contribution >= 4 is 5.91 Å². The highest BCUT2D eigenvalue weighted by molar-refractivity contribution is 5.75. The average Bonchev–Trinajstić information content (AvgIpc) is 1.85. The minimum atomic E-state index is -0.0903. The van der Waals surface area contributed by atoms with Crippen molar-refractivity contribution in [2.75, 3.05) is 0 Å². The third-order valence-electron chi connectivity index (χ3n) is 2.13. The molecule has 0 saturated carbocycles. The van der Waals surface area contributed by atoms with Crippen molar-refractivity contribution in [1.29, 1.82) is 0 Å². The first-order valence-corrected chi connectivity index (χ1v) is 3.87. The first-order chi connectivity index (χ1) is 4.88. The largest absolute Gasteiger partial charge is 0.294 e. The minimum absolute atomic E-state index is 0.0903. The maximum Gasteiger partial charge on any atom is 0.234 e. The molecule has 0 aliphatic carbocycles. The number of nitrogens with two attached hydrogens (primary N) is 1. The van der Waals surface area contributed by atoms with Crippen LogP contribution >= 0.6 is 0 Å². The first-order valence-electron chi connectivity index (χ1n) is 3.87. The van der Waals surface area contributed by atoms with Gasteiger partial charge in [-0.1, -0.05) is 27.7 Å². The van der Waals surface area contributed by atoms with Gasteiger partial charge in [-0.05, 0) is 11.3 Å². The van der Waals surface area contributed by atoms with E-state index in [1.165, 1.54) is 0 Å². The molecule has 0 aliphatic heterocycles. The Hall–Kier alpha value is -0.570. The molecule has 0 aromatic carbocycles. The average molecular weight is 158 g/mol. The molecular formula is C8H18N2O. The molecule has 1 amide bonds. The summed E-state index contributed by atoms with van der Waals surface area (Å²) in [6.07, 6.45) is 0.500. The number of hydrogen-bond acceptors (Lipinski definition) is 2. The molecule has 0 bridgehead atoms. The molecule has 0 rings (SSSR count). The van der Waals surface area contributed by atoms with E-state index in [1.807, 2.05) is 0 Å². The third-order valence-corrected chi connectivity index (χ3v) is 2.13. The zero-order valence-electron chi connectivity index (χ0n) is 7.77. The fraction of sp³-hybridized carbons (Fsp3) is 0.875. The lowest BCUT2D eigenvalue weighted by atomic mass is 9.80. The van der Waals surface area contributed by atoms with Crippen molar-refractivity contribution in [2.24, 2.45) is 17.2 Å². The van der Waals surface area contributed by atoms with Crippen LogP contribution in [-0.4, -0.2) is 5.91 Å². The lowest BCUT2D eigenvalue weighted by Crippen LogP contribution is -2.33. The van der Waals surface area contributed by atoms with E-state index in [0.717, 1.165) is 0 Å². The number of rotatable bonds is 2. The summed E-state index contributed by atoms with van der Waals surface area (Å²) in [4.78, 5) is 10.8. The van der Waals surface area contributed by atoms with E-state index >= 15 is 0 Å². The van der Waals surface area contributed by atoms with Gasteiger partial charge in [0.05, 0.1) is 0 Å². The van der Waals surface area contributed by atoms with E-state index in [-0.39, 0.29) is 11.3 Å². The van der Waals surface area contributed by atoms with Crippen molar-refractivity contribution in [3.05, 3.63) is 0 Å². The lowest BCUT2D eigenvalue weighted by Gasteiger charge is -2.26. The summed E-state index contributed by atoms with van der Waals surface area (Å²) in [5.41, 5.74) is 2.30. The fourth-order valence-corrected chi connectivity index (χ4v) is 0.643. The second-order valence-corrected chi connectivity index (χ2v) is 4.04. The summed E-state index contributed by atoms with van der Waals surface area (Å²) in [5, 5.41) is 0. The summed E-state index contributed by atoms with van der Waals surface area (Å²) >= 11 is 0. The number of carbonyl (C=O) groups excluding carboxylic acids is 1. The van der Waals surface area contributed by atoms with Crippen LogP contribution < -0.4 is 11.3 Å². The van der Waals surface area contributed by atoms with Crippen LogP contribution in [0.2, 0.25) is 0 Å². The second kappa shape index (κ2) is 3.72. The molecule has 3 heteroatoms. The van der Waals surface area contributed by atoms with Gasteiger partial charge < -0.3 is 0 Å². The highest BCUT2D eigenvalue weighted by atomic mass is 16.2. The van der Waals surface area contributed by atoms with E-state index in [0.29, 0.717) is 12.3 Å². The predicted molar refractivity (Wildman–Crippen MR) is 45.6 cm³/mol. The van der Waals surface area contributed by atoms with Crippen LogP contribution in [0.15, 0.2) is 0 Å². The summed E-state index contributed by atoms with van der Waals surface area (Å²) in [6.45, 7) is 8.39. The normalized spacial score (nSPS) is 14.3. The van der Waals surface area contributed by atoms with Gasteiger partial charge in [0.1, 0.15) is 0 Å². The standard InChI is InChI=1S/C8H18N2O/c1-6(8(2,3)4)5-7(11)10-9/h6H,5,9H2,1-4H3,(H,10,11). The summed E-state index contributed by atoms with van der Waals surface area (Å²) in [7, 11) is 0. The van der Waals surface area contributed by atoms with Crippen LogP contribution in [0.25, 0.3) is 0 Å². The van der Waals surface area contributed by atoms with Gasteiger partial charge in [0.25, 0.3) is 0 Å². The van der Waals surface area contributed by atoms with Gasteiger partial charge in [-0.3, -0.25) is 10.2 Å². The van der Waals surface area contributed by atoms with Gasteiger partial charge in [0.15, 0.2) is 0 Å². The van der Waals surface area contributed by atoms with Crippen LogP contribution in [0, 0.1) is 11.3 Å². The summed E-state index contributed by atoms with van der Waals surface area (Å²) < 4.78 is 0. The second-order valence-electron chi connectivity index (χ2n) is 4.04. The molecular weight excluding hydrogens is 140 g/mol. The molecule has 0 aromatic rings. The fourth-order valence-electron chi connectivity index (χ4n) is 0.643. The van der Waals surface area contributed by atoms with Gasteiger partial charge >= 0.3 is 0 Å². The Morgan fingerprint density at radius 3 is 2.27 bits per heavy atom. The third kappa shape index (κ3) is 3.98. The first kappa shape index (κ1) is 10.4. The number of hydrazine groups is 1. The maximum atomic E-state index is 10.8. The topological polar surface area (TPSA) is 55.1 Å². The molecule has 0 fully saturated rings. The van der Waals surface area contributed by atoms with Crippen molar-refractivity contribution in [3.63, 3.8) is 0 Å². The molecule has 0 radical (unpaired) electrons. The molecule has 11 heavy (non-hydrogen) atoms. The van der Waals surface area contributed by atoms with Crippen molar-refractivity contribution < 1.29 is 4.79 Å². The Morgan fingerprint density at radius 2 is 2.00 bits per heavy atom. The molecule has 1 unspecified atom stereocenters. The van der Waals surface area contributed by atoms with Crippen molar-refractivity contribution in [3.8, 4) is 0 Å². The molecule has 0 saturated heterocycles. The molecule has 0 heterocycles. The molecule has 66 valence electrons. The minimum Gasteiger partial charge on any atom is -0.294 e. The van der Waals surface area contributed by atoms with Gasteiger partial charge in [0, 0.05) is 6.42 Å². The Morgan fingerprint density at radius 1 is 1.55 bits per heavy atom. The van der Waals surface area contributed by atoms with Gasteiger partial charge in [0.2, 0.25) is 5.91 Å². The van der Waals surface area contributed by atoms with Crippen LogP contribution in [-0.2, 0) is 4.79 Å². The molecule has 0 aromatic heterocycles. The zero-order valence-corrected chi connectivity index (χ0v) is 7.77. The van der Waals surface area contributed by atoms with Crippen molar-refractivity contribution in [2.45, 2.75) is 34.1 Å². The van der Waals surface area contributed by atoms with Gasteiger partial charge in [-0.15, -0.1) is 0 Å². The molecule has 0 spiro atoms.